The number of benzene rings is 2. The van der Waals surface area contributed by atoms with Gasteiger partial charge in [-0.3, -0.25) is 4.79 Å². The molecule has 0 unspecified atom stereocenters. The molecule has 8 nitrogen and oxygen atoms in total. The summed E-state index contributed by atoms with van der Waals surface area (Å²) < 4.78 is 73.4. The first-order chi connectivity index (χ1) is 16.9. The Morgan fingerprint density at radius 3 is 2.67 bits per heavy atom. The van der Waals surface area contributed by atoms with Crippen molar-refractivity contribution in [2.45, 2.75) is 25.6 Å². The Kier molecular flexibility index (Phi) is 7.23. The molecule has 36 heavy (non-hydrogen) atoms. The first-order valence-electron chi connectivity index (χ1n) is 10.7. The highest BCUT2D eigenvalue weighted by atomic mass is 35.5. The van der Waals surface area contributed by atoms with Crippen LogP contribution < -0.4 is 15.4 Å². The lowest BCUT2D eigenvalue weighted by Gasteiger charge is -2.19. The highest BCUT2D eigenvalue weighted by Gasteiger charge is 2.29. The molecule has 2 N–H and O–H groups in total. The molecule has 1 atom stereocenters. The van der Waals surface area contributed by atoms with E-state index in [0.717, 1.165) is 18.6 Å². The molecule has 14 heteroatoms. The van der Waals surface area contributed by atoms with E-state index in [1.807, 2.05) is 0 Å². The van der Waals surface area contributed by atoms with Gasteiger partial charge in [-0.2, -0.15) is 17.5 Å². The molecule has 0 bridgehead atoms. The van der Waals surface area contributed by atoms with Crippen LogP contribution in [-0.4, -0.2) is 50.4 Å². The third kappa shape index (κ3) is 6.13. The average Bonchev–Trinajstić information content (AvgIpc) is 2.77. The molecule has 1 aliphatic rings. The monoisotopic (exact) mass is 545 g/mol. The summed E-state index contributed by atoms with van der Waals surface area (Å²) >= 11 is 6.48. The fourth-order valence-electron chi connectivity index (χ4n) is 3.35. The number of alkyl halides is 3. The van der Waals surface area contributed by atoms with Crippen LogP contribution in [0, 0.1) is 5.82 Å². The number of aromatic nitrogens is 2. The summed E-state index contributed by atoms with van der Waals surface area (Å²) in [7, 11) is -2.27. The van der Waals surface area contributed by atoms with Crippen molar-refractivity contribution in [1.82, 2.24) is 15.3 Å². The predicted molar refractivity (Wildman–Crippen MR) is 128 cm³/mol. The smallest absolute Gasteiger partial charge is 0.405 e. The lowest BCUT2D eigenvalue weighted by molar-refractivity contribution is -0.142. The Labute approximate surface area is 208 Å². The lowest BCUT2D eigenvalue weighted by atomic mass is 10.2. The lowest BCUT2D eigenvalue weighted by Crippen LogP contribution is -2.41. The molecule has 1 amide bonds. The number of hydrogen-bond donors (Lipinski definition) is 2. The number of anilines is 2. The quantitative estimate of drug-likeness (QED) is 0.399. The first kappa shape index (κ1) is 25.9. The second-order valence-corrected chi connectivity index (χ2v) is 11.0. The second kappa shape index (κ2) is 10.1. The molecular weight excluding hydrogens is 526 g/mol. The highest BCUT2D eigenvalue weighted by Crippen LogP contribution is 2.36. The molecule has 1 fully saturated rings. The molecule has 1 saturated heterocycles. The van der Waals surface area contributed by atoms with Gasteiger partial charge in [-0.25, -0.2) is 18.6 Å². The SMILES string of the molecule is C[C@@H](Oc1cc(F)ccc1Nc1ncnc2cc(N=S3(=O)CCC3)cc(Cl)c12)C(=O)NCC(F)(F)F. The van der Waals surface area contributed by atoms with Gasteiger partial charge in [0.1, 0.15) is 30.3 Å². The van der Waals surface area contributed by atoms with Crippen LogP contribution in [0.2, 0.25) is 5.02 Å². The number of nitrogens with one attached hydrogen (secondary N) is 2. The molecule has 192 valence electrons. The number of hydrogen-bond acceptors (Lipinski definition) is 7. The van der Waals surface area contributed by atoms with Gasteiger partial charge in [-0.05, 0) is 37.6 Å². The third-order valence-electron chi connectivity index (χ3n) is 5.21. The zero-order chi connectivity index (χ0) is 26.1. The van der Waals surface area contributed by atoms with Crippen molar-refractivity contribution in [3.05, 3.63) is 47.5 Å². The average molecular weight is 546 g/mol. The van der Waals surface area contributed by atoms with Crippen molar-refractivity contribution < 1.29 is 31.3 Å². The Morgan fingerprint density at radius 2 is 2.00 bits per heavy atom. The molecule has 0 radical (unpaired) electrons. The van der Waals surface area contributed by atoms with E-state index in [4.69, 9.17) is 16.3 Å². The van der Waals surface area contributed by atoms with Gasteiger partial charge in [0.25, 0.3) is 5.91 Å². The van der Waals surface area contributed by atoms with Crippen LogP contribution in [0.3, 0.4) is 0 Å². The summed E-state index contributed by atoms with van der Waals surface area (Å²) in [5.41, 5.74) is 1.01. The van der Waals surface area contributed by atoms with E-state index in [2.05, 4.69) is 19.6 Å². The molecular formula is C22H20ClF4N5O3S. The van der Waals surface area contributed by atoms with E-state index in [9.17, 15) is 26.6 Å². The summed E-state index contributed by atoms with van der Waals surface area (Å²) in [4.78, 5) is 20.4. The van der Waals surface area contributed by atoms with Gasteiger partial charge in [0.05, 0.1) is 37.0 Å². The Hall–Kier alpha value is -3.19. The van der Waals surface area contributed by atoms with Gasteiger partial charge in [-0.15, -0.1) is 0 Å². The Bertz CT molecular complexity index is 1430. The van der Waals surface area contributed by atoms with E-state index < -0.39 is 40.3 Å². The van der Waals surface area contributed by atoms with Gasteiger partial charge >= 0.3 is 6.18 Å². The van der Waals surface area contributed by atoms with Gasteiger partial charge in [0, 0.05) is 17.6 Å². The van der Waals surface area contributed by atoms with E-state index >= 15 is 0 Å². The summed E-state index contributed by atoms with van der Waals surface area (Å²) in [6, 6.07) is 6.58. The summed E-state index contributed by atoms with van der Waals surface area (Å²) in [6.07, 6.45) is -3.84. The molecule has 2 aromatic carbocycles. The number of carbonyl (C=O) groups is 1. The maximum Gasteiger partial charge on any atom is 0.405 e. The summed E-state index contributed by atoms with van der Waals surface area (Å²) in [5.74, 6) is -0.589. The fourth-order valence-corrected chi connectivity index (χ4v) is 5.10. The summed E-state index contributed by atoms with van der Waals surface area (Å²) in [6.45, 7) is -0.294. The maximum absolute atomic E-state index is 13.9. The van der Waals surface area contributed by atoms with Crippen molar-refractivity contribution in [3.8, 4) is 5.75 Å². The standard InChI is InChI=1S/C22H20ClF4N5O3S/c1-12(21(33)28-10-22(25,26)27)35-18-7-13(24)3-4-16(18)31-20-19-15(23)8-14(9-17(19)29-11-30-20)32-36(34)5-2-6-36/h3-4,7-9,11-12H,2,5-6,10H2,1H3,(H,28,33)(H,29,30,31)/t12-/m1/s1. The number of rotatable bonds is 7. The minimum absolute atomic E-state index is 0.138. The molecule has 2 heterocycles. The van der Waals surface area contributed by atoms with Crippen LogP contribution in [0.5, 0.6) is 5.75 Å². The minimum atomic E-state index is -4.59. The molecule has 0 saturated carbocycles. The minimum Gasteiger partial charge on any atom is -0.479 e. The fraction of sp³-hybridized carbons (Fsp3) is 0.318. The number of halogens is 5. The van der Waals surface area contributed by atoms with Gasteiger partial charge in [-0.1, -0.05) is 11.6 Å². The third-order valence-corrected chi connectivity index (χ3v) is 7.90. The highest BCUT2D eigenvalue weighted by molar-refractivity contribution is 7.95. The van der Waals surface area contributed by atoms with Crippen LogP contribution in [0.4, 0.5) is 34.8 Å². The van der Waals surface area contributed by atoms with Crippen LogP contribution in [-0.2, 0) is 14.5 Å². The molecule has 0 spiro atoms. The van der Waals surface area contributed by atoms with Crippen molar-refractivity contribution in [2.24, 2.45) is 4.36 Å². The van der Waals surface area contributed by atoms with Crippen LogP contribution in [0.15, 0.2) is 41.0 Å². The van der Waals surface area contributed by atoms with E-state index in [-0.39, 0.29) is 22.3 Å². The van der Waals surface area contributed by atoms with Crippen molar-refractivity contribution in [2.75, 3.05) is 23.4 Å². The predicted octanol–water partition coefficient (Wildman–Crippen LogP) is 5.11. The zero-order valence-electron chi connectivity index (χ0n) is 18.7. The van der Waals surface area contributed by atoms with E-state index in [0.29, 0.717) is 28.1 Å². The number of amides is 1. The number of ether oxygens (including phenoxy) is 1. The van der Waals surface area contributed by atoms with Crippen LogP contribution >= 0.6 is 11.6 Å². The van der Waals surface area contributed by atoms with Crippen LogP contribution in [0.1, 0.15) is 13.3 Å². The largest absolute Gasteiger partial charge is 0.479 e. The topological polar surface area (TPSA) is 106 Å². The van der Waals surface area contributed by atoms with Gasteiger partial charge in [0.15, 0.2) is 6.10 Å². The number of fused-ring (bicyclic) bond motifs is 1. The summed E-state index contributed by atoms with van der Waals surface area (Å²) in [5, 5.41) is 5.28. The van der Waals surface area contributed by atoms with Gasteiger partial charge < -0.3 is 15.4 Å². The molecule has 3 aromatic rings. The Morgan fingerprint density at radius 1 is 1.25 bits per heavy atom. The molecule has 0 aliphatic carbocycles. The molecule has 1 aliphatic heterocycles. The second-order valence-electron chi connectivity index (χ2n) is 8.03. The van der Waals surface area contributed by atoms with E-state index in [1.54, 1.807) is 17.4 Å². The number of carbonyl (C=O) groups excluding carboxylic acids is 1. The normalized spacial score (nSPS) is 15.6. The van der Waals surface area contributed by atoms with Crippen LogP contribution in [0.25, 0.3) is 10.9 Å². The molecule has 1 aromatic heterocycles. The first-order valence-corrected chi connectivity index (χ1v) is 12.9. The van der Waals surface area contributed by atoms with Crippen molar-refractivity contribution in [3.63, 3.8) is 0 Å². The maximum atomic E-state index is 13.9. The van der Waals surface area contributed by atoms with E-state index in [1.165, 1.54) is 19.3 Å². The van der Waals surface area contributed by atoms with Crippen molar-refractivity contribution in [1.29, 1.82) is 0 Å². The molecule has 4 rings (SSSR count). The zero-order valence-corrected chi connectivity index (χ0v) is 20.3. The van der Waals surface area contributed by atoms with Crippen molar-refractivity contribution >= 4 is 55.3 Å². The number of nitrogens with zero attached hydrogens (tertiary/aromatic N) is 3. The van der Waals surface area contributed by atoms with Gasteiger partial charge in [0.2, 0.25) is 0 Å². The Balaban J connectivity index is 1.62.